The van der Waals surface area contributed by atoms with E-state index in [1.807, 2.05) is 63.2 Å². The maximum atomic E-state index is 13.0. The average molecular weight is 421 g/mol. The molecule has 0 fully saturated rings. The summed E-state index contributed by atoms with van der Waals surface area (Å²) in [5, 5.41) is 3.43. The second kappa shape index (κ2) is 8.44. The van der Waals surface area contributed by atoms with Gasteiger partial charge in [-0.3, -0.25) is 14.6 Å². The summed E-state index contributed by atoms with van der Waals surface area (Å²) in [4.78, 5) is 36.4. The Balaban J connectivity index is 1.52. The molecule has 1 N–H and O–H groups in total. The third-order valence-electron chi connectivity index (χ3n) is 5.23. The van der Waals surface area contributed by atoms with Gasteiger partial charge in [-0.1, -0.05) is 43.3 Å². The van der Waals surface area contributed by atoms with Crippen LogP contribution in [0.3, 0.4) is 0 Å². The third-order valence-corrected chi connectivity index (χ3v) is 6.17. The van der Waals surface area contributed by atoms with E-state index in [0.29, 0.717) is 17.4 Å². The van der Waals surface area contributed by atoms with Crippen LogP contribution in [0.5, 0.6) is 0 Å². The number of amidine groups is 2. The Hall–Kier alpha value is -2.93. The molecule has 2 aromatic rings. The van der Waals surface area contributed by atoms with Gasteiger partial charge in [0.05, 0.1) is 11.4 Å². The Morgan fingerprint density at radius 1 is 1.17 bits per heavy atom. The molecule has 7 heteroatoms. The van der Waals surface area contributed by atoms with Gasteiger partial charge < -0.3 is 5.32 Å². The van der Waals surface area contributed by atoms with E-state index < -0.39 is 0 Å². The van der Waals surface area contributed by atoms with Gasteiger partial charge in [-0.25, -0.2) is 9.89 Å². The van der Waals surface area contributed by atoms with Crippen LogP contribution in [0.1, 0.15) is 36.5 Å². The van der Waals surface area contributed by atoms with Crippen molar-refractivity contribution < 1.29 is 9.59 Å². The minimum atomic E-state index is -0.383. The number of amides is 2. The number of hydrogen-bond donors (Lipinski definition) is 1. The SMILES string of the molecule is CCCC1N=C2c3ccccc3N=C(SCC(=O)Nc3ccc(C)c(C)c3)N2C1=O. The highest BCUT2D eigenvalue weighted by Crippen LogP contribution is 2.34. The highest BCUT2D eigenvalue weighted by atomic mass is 32.2. The molecule has 2 aliphatic heterocycles. The van der Waals surface area contributed by atoms with Crippen LogP contribution in [0.4, 0.5) is 11.4 Å². The Morgan fingerprint density at radius 3 is 2.73 bits per heavy atom. The van der Waals surface area contributed by atoms with Gasteiger partial charge in [0, 0.05) is 11.3 Å². The monoisotopic (exact) mass is 420 g/mol. The normalized spacial score (nSPS) is 17.2. The fraction of sp³-hybridized carbons (Fsp3) is 0.304. The standard InChI is InChI=1S/C23H24N4O2S/c1-4-7-19-22(29)27-21(25-19)17-8-5-6-9-18(17)26-23(27)30-13-20(28)24-16-11-10-14(2)15(3)12-16/h5-6,8-12,19H,4,7,13H2,1-3H3,(H,24,28). The van der Waals surface area contributed by atoms with E-state index in [-0.39, 0.29) is 23.6 Å². The van der Waals surface area contributed by atoms with Crippen molar-refractivity contribution in [2.24, 2.45) is 9.98 Å². The summed E-state index contributed by atoms with van der Waals surface area (Å²) in [6.45, 7) is 6.09. The van der Waals surface area contributed by atoms with E-state index in [1.54, 1.807) is 4.90 Å². The van der Waals surface area contributed by atoms with E-state index >= 15 is 0 Å². The first kappa shape index (κ1) is 20.3. The number of nitrogens with zero attached hydrogens (tertiary/aromatic N) is 3. The van der Waals surface area contributed by atoms with Gasteiger partial charge in [0.2, 0.25) is 5.91 Å². The zero-order valence-corrected chi connectivity index (χ0v) is 18.1. The molecule has 30 heavy (non-hydrogen) atoms. The molecule has 154 valence electrons. The molecule has 0 saturated carbocycles. The number of hydrogen-bond acceptors (Lipinski definition) is 5. The maximum absolute atomic E-state index is 13.0. The lowest BCUT2D eigenvalue weighted by Gasteiger charge is -2.25. The van der Waals surface area contributed by atoms with Gasteiger partial charge in [0.25, 0.3) is 5.91 Å². The van der Waals surface area contributed by atoms with Crippen LogP contribution in [0.25, 0.3) is 0 Å². The number of nitrogens with one attached hydrogen (secondary N) is 1. The first-order chi connectivity index (χ1) is 14.5. The summed E-state index contributed by atoms with van der Waals surface area (Å²) in [5.41, 5.74) is 4.70. The third kappa shape index (κ3) is 3.89. The van der Waals surface area contributed by atoms with Crippen LogP contribution in [0.2, 0.25) is 0 Å². The van der Waals surface area contributed by atoms with Crippen LogP contribution >= 0.6 is 11.8 Å². The number of aryl methyl sites for hydroxylation is 2. The molecule has 0 radical (unpaired) electrons. The molecule has 4 rings (SSSR count). The van der Waals surface area contributed by atoms with E-state index in [2.05, 4.69) is 15.3 Å². The Kier molecular flexibility index (Phi) is 5.72. The second-order valence-electron chi connectivity index (χ2n) is 7.48. The maximum Gasteiger partial charge on any atom is 0.259 e. The van der Waals surface area contributed by atoms with Crippen LogP contribution < -0.4 is 5.32 Å². The molecule has 0 aromatic heterocycles. The predicted molar refractivity (Wildman–Crippen MR) is 123 cm³/mol. The summed E-state index contributed by atoms with van der Waals surface area (Å²) in [6.07, 6.45) is 1.58. The molecule has 0 bridgehead atoms. The summed E-state index contributed by atoms with van der Waals surface area (Å²) in [6, 6.07) is 13.1. The molecule has 0 aliphatic carbocycles. The summed E-state index contributed by atoms with van der Waals surface area (Å²) in [5.74, 6) is 0.590. The van der Waals surface area contributed by atoms with Gasteiger partial charge in [-0.15, -0.1) is 0 Å². The molecule has 6 nitrogen and oxygen atoms in total. The lowest BCUT2D eigenvalue weighted by Crippen LogP contribution is -2.41. The molecule has 2 aromatic carbocycles. The number of fused-ring (bicyclic) bond motifs is 3. The number of carbonyl (C=O) groups excluding carboxylic acids is 2. The largest absolute Gasteiger partial charge is 0.325 e. The van der Waals surface area contributed by atoms with Gasteiger partial charge in [0.15, 0.2) is 5.17 Å². The number of benzene rings is 2. The molecule has 1 atom stereocenters. The first-order valence-electron chi connectivity index (χ1n) is 10.1. The number of anilines is 1. The number of thioether (sulfide) groups is 1. The lowest BCUT2D eigenvalue weighted by molar-refractivity contribution is -0.124. The fourth-order valence-electron chi connectivity index (χ4n) is 3.51. The van der Waals surface area contributed by atoms with Gasteiger partial charge in [-0.05, 0) is 55.7 Å². The van der Waals surface area contributed by atoms with Crippen molar-refractivity contribution in [3.05, 3.63) is 59.2 Å². The number of rotatable bonds is 5. The number of aliphatic imine (C=N–C) groups is 2. The molecular weight excluding hydrogens is 396 g/mol. The lowest BCUT2D eigenvalue weighted by atomic mass is 10.1. The molecular formula is C23H24N4O2S. The van der Waals surface area contributed by atoms with Crippen molar-refractivity contribution in [1.82, 2.24) is 4.90 Å². The van der Waals surface area contributed by atoms with Crippen LogP contribution in [-0.4, -0.2) is 39.5 Å². The van der Waals surface area contributed by atoms with Crippen molar-refractivity contribution >= 4 is 46.0 Å². The zero-order chi connectivity index (χ0) is 21.3. The van der Waals surface area contributed by atoms with Crippen molar-refractivity contribution in [2.45, 2.75) is 39.7 Å². The van der Waals surface area contributed by atoms with Gasteiger partial charge in [0.1, 0.15) is 11.9 Å². The molecule has 1 unspecified atom stereocenters. The zero-order valence-electron chi connectivity index (χ0n) is 17.3. The molecule has 2 amide bonds. The minimum Gasteiger partial charge on any atom is -0.325 e. The molecule has 0 saturated heterocycles. The Morgan fingerprint density at radius 2 is 1.97 bits per heavy atom. The van der Waals surface area contributed by atoms with Gasteiger partial charge in [-0.2, -0.15) is 0 Å². The number of para-hydroxylation sites is 1. The smallest absolute Gasteiger partial charge is 0.259 e. The summed E-state index contributed by atoms with van der Waals surface area (Å²) < 4.78 is 0. The Labute approximate surface area is 180 Å². The van der Waals surface area contributed by atoms with E-state index in [0.717, 1.165) is 28.9 Å². The summed E-state index contributed by atoms with van der Waals surface area (Å²) >= 11 is 1.26. The van der Waals surface area contributed by atoms with Gasteiger partial charge >= 0.3 is 0 Å². The molecule has 0 spiro atoms. The topological polar surface area (TPSA) is 74.1 Å². The van der Waals surface area contributed by atoms with Crippen molar-refractivity contribution in [3.63, 3.8) is 0 Å². The minimum absolute atomic E-state index is 0.0674. The highest BCUT2D eigenvalue weighted by molar-refractivity contribution is 8.14. The highest BCUT2D eigenvalue weighted by Gasteiger charge is 2.40. The van der Waals surface area contributed by atoms with Crippen molar-refractivity contribution in [2.75, 3.05) is 11.1 Å². The van der Waals surface area contributed by atoms with E-state index in [1.165, 1.54) is 17.3 Å². The van der Waals surface area contributed by atoms with Crippen LogP contribution in [-0.2, 0) is 9.59 Å². The van der Waals surface area contributed by atoms with E-state index in [4.69, 9.17) is 0 Å². The quantitative estimate of drug-likeness (QED) is 0.777. The molecule has 2 aliphatic rings. The van der Waals surface area contributed by atoms with Crippen molar-refractivity contribution in [3.8, 4) is 0 Å². The second-order valence-corrected chi connectivity index (χ2v) is 8.42. The average Bonchev–Trinajstić information content (AvgIpc) is 3.06. The van der Waals surface area contributed by atoms with Crippen molar-refractivity contribution in [1.29, 1.82) is 0 Å². The van der Waals surface area contributed by atoms with Crippen LogP contribution in [0.15, 0.2) is 52.4 Å². The molecule has 2 heterocycles. The predicted octanol–water partition coefficient (Wildman–Crippen LogP) is 4.43. The number of carbonyl (C=O) groups is 2. The van der Waals surface area contributed by atoms with Crippen LogP contribution in [0, 0.1) is 13.8 Å². The Bertz CT molecular complexity index is 1080. The summed E-state index contributed by atoms with van der Waals surface area (Å²) in [7, 11) is 0. The van der Waals surface area contributed by atoms with E-state index in [9.17, 15) is 9.59 Å². The fourth-order valence-corrected chi connectivity index (χ4v) is 4.31. The first-order valence-corrected chi connectivity index (χ1v) is 11.1.